The van der Waals surface area contributed by atoms with Crippen LogP contribution in [0, 0.1) is 0 Å². The number of hydrogen-bond acceptors (Lipinski definition) is 3. The average Bonchev–Trinajstić information content (AvgIpc) is 2.35. The fourth-order valence-electron chi connectivity index (χ4n) is 3.17. The summed E-state index contributed by atoms with van der Waals surface area (Å²) in [6.45, 7) is 7.59. The summed E-state index contributed by atoms with van der Waals surface area (Å²) in [4.78, 5) is 14.5. The van der Waals surface area contributed by atoms with E-state index in [1.54, 1.807) is 4.90 Å². The van der Waals surface area contributed by atoms with Crippen molar-refractivity contribution in [1.82, 2.24) is 0 Å². The number of para-hydroxylation sites is 1. The predicted molar refractivity (Wildman–Crippen MR) is 85.3 cm³/mol. The average molecular weight is 309 g/mol. The maximum absolute atomic E-state index is 12.8. The molecule has 4 nitrogen and oxygen atoms in total. The first-order valence-corrected chi connectivity index (χ1v) is 9.13. The number of nitrogens with zero attached hydrogens (tertiary/aromatic N) is 1. The van der Waals surface area contributed by atoms with Gasteiger partial charge in [0, 0.05) is 17.5 Å². The Labute approximate surface area is 127 Å². The minimum Gasteiger partial charge on any atom is -0.305 e. The Morgan fingerprint density at radius 2 is 1.90 bits per heavy atom. The summed E-state index contributed by atoms with van der Waals surface area (Å²) in [6.07, 6.45) is 1.92. The van der Waals surface area contributed by atoms with Crippen molar-refractivity contribution >= 4 is 21.4 Å². The number of carbonyl (C=O) groups is 1. The zero-order chi connectivity index (χ0) is 16.0. The highest BCUT2D eigenvalue weighted by Gasteiger charge is 2.42. The van der Waals surface area contributed by atoms with Crippen LogP contribution >= 0.6 is 0 Å². The van der Waals surface area contributed by atoms with E-state index in [4.69, 9.17) is 0 Å². The topological polar surface area (TPSA) is 54.5 Å². The molecule has 1 aliphatic rings. The third kappa shape index (κ3) is 2.84. The number of amides is 1. The minimum atomic E-state index is -3.41. The van der Waals surface area contributed by atoms with E-state index in [0.717, 1.165) is 23.9 Å². The Morgan fingerprint density at radius 1 is 1.33 bits per heavy atom. The summed E-state index contributed by atoms with van der Waals surface area (Å²) in [7, 11) is -3.41. The van der Waals surface area contributed by atoms with E-state index in [1.807, 2.05) is 38.1 Å². The third-order valence-electron chi connectivity index (χ3n) is 4.33. The van der Waals surface area contributed by atoms with Gasteiger partial charge in [-0.3, -0.25) is 4.79 Å². The summed E-state index contributed by atoms with van der Waals surface area (Å²) in [5, 5.41) is -1.03. The molecule has 21 heavy (non-hydrogen) atoms. The molecule has 0 aromatic heterocycles. The van der Waals surface area contributed by atoms with E-state index in [-0.39, 0.29) is 5.91 Å². The Morgan fingerprint density at radius 3 is 2.48 bits per heavy atom. The molecule has 116 valence electrons. The Balaban J connectivity index is 2.55. The van der Waals surface area contributed by atoms with Gasteiger partial charge < -0.3 is 4.90 Å². The lowest BCUT2D eigenvalue weighted by Crippen LogP contribution is -2.55. The highest BCUT2D eigenvalue weighted by molar-refractivity contribution is 7.92. The number of rotatable bonds is 2. The number of carbonyl (C=O) groups excluding carboxylic acids is 1. The van der Waals surface area contributed by atoms with Crippen LogP contribution in [0.25, 0.3) is 0 Å². The van der Waals surface area contributed by atoms with E-state index in [1.165, 1.54) is 6.92 Å². The van der Waals surface area contributed by atoms with Gasteiger partial charge in [0.1, 0.15) is 5.25 Å². The number of hydrogen-bond donors (Lipinski definition) is 0. The summed E-state index contributed by atoms with van der Waals surface area (Å²) in [5.74, 6) is -0.00404. The standard InChI is InChI=1S/C16H23NO3S/c1-11-10-16(3,4)17(14-9-7-6-8-13(11)14)15(18)12(2)21(5,19)20/h6-9,11-12H,10H2,1-5H3/t11-,12+/m1/s1. The van der Waals surface area contributed by atoms with Gasteiger partial charge in [-0.2, -0.15) is 0 Å². The summed E-state index contributed by atoms with van der Waals surface area (Å²) in [5.41, 5.74) is 1.54. The van der Waals surface area contributed by atoms with Crippen LogP contribution in [-0.4, -0.2) is 31.4 Å². The first-order valence-electron chi connectivity index (χ1n) is 7.17. The lowest BCUT2D eigenvalue weighted by molar-refractivity contribution is -0.119. The second-order valence-electron chi connectivity index (χ2n) is 6.62. The van der Waals surface area contributed by atoms with Crippen molar-refractivity contribution in [3.05, 3.63) is 29.8 Å². The molecule has 2 rings (SSSR count). The van der Waals surface area contributed by atoms with Gasteiger partial charge in [0.15, 0.2) is 9.84 Å². The normalized spacial score (nSPS) is 22.5. The van der Waals surface area contributed by atoms with Crippen LogP contribution in [0.2, 0.25) is 0 Å². The summed E-state index contributed by atoms with van der Waals surface area (Å²) < 4.78 is 23.5. The quantitative estimate of drug-likeness (QED) is 0.844. The molecule has 5 heteroatoms. The molecule has 1 heterocycles. The molecular weight excluding hydrogens is 286 g/mol. The Kier molecular flexibility index (Phi) is 3.91. The fourth-order valence-corrected chi connectivity index (χ4v) is 3.64. The SMILES string of the molecule is C[C@@H]1CC(C)(C)N(C(=O)[C@H](C)S(C)(=O)=O)c2ccccc21. The predicted octanol–water partition coefficient (Wildman–Crippen LogP) is 2.74. The fraction of sp³-hybridized carbons (Fsp3) is 0.562. The minimum absolute atomic E-state index is 0.341. The number of fused-ring (bicyclic) bond motifs is 1. The number of benzene rings is 1. The van der Waals surface area contributed by atoms with E-state index in [2.05, 4.69) is 6.92 Å². The number of anilines is 1. The first-order chi connectivity index (χ1) is 9.55. The van der Waals surface area contributed by atoms with E-state index >= 15 is 0 Å². The highest BCUT2D eigenvalue weighted by Crippen LogP contribution is 2.43. The van der Waals surface area contributed by atoms with Crippen LogP contribution in [0.5, 0.6) is 0 Å². The molecule has 0 fully saturated rings. The van der Waals surface area contributed by atoms with Gasteiger partial charge in [-0.25, -0.2) is 8.42 Å². The molecule has 0 radical (unpaired) electrons. The van der Waals surface area contributed by atoms with Gasteiger partial charge in [0.05, 0.1) is 0 Å². The van der Waals surface area contributed by atoms with Crippen molar-refractivity contribution in [2.75, 3.05) is 11.2 Å². The first kappa shape index (κ1) is 16.0. The molecule has 2 atom stereocenters. The third-order valence-corrected chi connectivity index (χ3v) is 5.82. The van der Waals surface area contributed by atoms with Crippen LogP contribution in [0.4, 0.5) is 5.69 Å². The van der Waals surface area contributed by atoms with Crippen LogP contribution < -0.4 is 4.90 Å². The number of sulfone groups is 1. The molecule has 1 amide bonds. The van der Waals surface area contributed by atoms with Crippen molar-refractivity contribution in [3.8, 4) is 0 Å². The second-order valence-corrected chi connectivity index (χ2v) is 8.99. The maximum Gasteiger partial charge on any atom is 0.245 e. The molecule has 0 aliphatic carbocycles. The van der Waals surface area contributed by atoms with Gasteiger partial charge in [0.2, 0.25) is 5.91 Å². The molecule has 0 saturated heterocycles. The van der Waals surface area contributed by atoms with Gasteiger partial charge in [-0.05, 0) is 44.7 Å². The van der Waals surface area contributed by atoms with Crippen LogP contribution in [0.1, 0.15) is 45.6 Å². The molecule has 1 aliphatic heterocycles. The largest absolute Gasteiger partial charge is 0.305 e. The summed E-state index contributed by atoms with van der Waals surface area (Å²) in [6, 6.07) is 7.76. The van der Waals surface area contributed by atoms with E-state index in [0.29, 0.717) is 5.92 Å². The van der Waals surface area contributed by atoms with Crippen molar-refractivity contribution in [1.29, 1.82) is 0 Å². The molecule has 0 spiro atoms. The molecule has 1 aromatic rings. The van der Waals surface area contributed by atoms with Crippen molar-refractivity contribution in [3.63, 3.8) is 0 Å². The zero-order valence-corrected chi connectivity index (χ0v) is 14.1. The van der Waals surface area contributed by atoms with Gasteiger partial charge in [-0.15, -0.1) is 0 Å². The molecule has 0 unspecified atom stereocenters. The molecule has 1 aromatic carbocycles. The van der Waals surface area contributed by atoms with E-state index < -0.39 is 20.6 Å². The molecule has 0 bridgehead atoms. The Bertz CT molecular complexity index is 664. The van der Waals surface area contributed by atoms with Crippen molar-refractivity contribution in [2.24, 2.45) is 0 Å². The van der Waals surface area contributed by atoms with Crippen LogP contribution in [-0.2, 0) is 14.6 Å². The van der Waals surface area contributed by atoms with Gasteiger partial charge >= 0.3 is 0 Å². The molecular formula is C16H23NO3S. The van der Waals surface area contributed by atoms with E-state index in [9.17, 15) is 13.2 Å². The van der Waals surface area contributed by atoms with Crippen LogP contribution in [0.15, 0.2) is 24.3 Å². The monoisotopic (exact) mass is 309 g/mol. The highest BCUT2D eigenvalue weighted by atomic mass is 32.2. The second kappa shape index (κ2) is 5.13. The van der Waals surface area contributed by atoms with Crippen molar-refractivity contribution in [2.45, 2.75) is 50.8 Å². The lowest BCUT2D eigenvalue weighted by atomic mass is 9.80. The van der Waals surface area contributed by atoms with Crippen LogP contribution in [0.3, 0.4) is 0 Å². The summed E-state index contributed by atoms with van der Waals surface area (Å²) >= 11 is 0. The van der Waals surface area contributed by atoms with Crippen molar-refractivity contribution < 1.29 is 13.2 Å². The Hall–Kier alpha value is -1.36. The molecule has 0 N–H and O–H groups in total. The van der Waals surface area contributed by atoms with Gasteiger partial charge in [0.25, 0.3) is 0 Å². The maximum atomic E-state index is 12.8. The zero-order valence-electron chi connectivity index (χ0n) is 13.3. The smallest absolute Gasteiger partial charge is 0.245 e. The lowest BCUT2D eigenvalue weighted by Gasteiger charge is -2.46. The van der Waals surface area contributed by atoms with Gasteiger partial charge in [-0.1, -0.05) is 25.1 Å². The molecule has 0 saturated carbocycles.